The highest BCUT2D eigenvalue weighted by atomic mass is 35.5. The van der Waals surface area contributed by atoms with Crippen LogP contribution in [0.15, 0.2) is 47.5 Å². The van der Waals surface area contributed by atoms with Crippen LogP contribution < -0.4 is 9.47 Å². The van der Waals surface area contributed by atoms with Gasteiger partial charge in [-0.05, 0) is 30.4 Å². The topological polar surface area (TPSA) is 30.8 Å². The summed E-state index contributed by atoms with van der Waals surface area (Å²) in [5.74, 6) is 2.46. The highest BCUT2D eigenvalue weighted by molar-refractivity contribution is 6.32. The van der Waals surface area contributed by atoms with Crippen molar-refractivity contribution in [3.05, 3.63) is 58.6 Å². The Morgan fingerprint density at radius 1 is 1.21 bits per heavy atom. The molecule has 4 heteroatoms. The van der Waals surface area contributed by atoms with Crippen LogP contribution in [-0.4, -0.2) is 18.9 Å². The summed E-state index contributed by atoms with van der Waals surface area (Å²) < 4.78 is 12.1. The number of rotatable bonds is 7. The Morgan fingerprint density at radius 3 is 2.71 bits per heavy atom. The van der Waals surface area contributed by atoms with Crippen LogP contribution in [0.1, 0.15) is 51.2 Å². The van der Waals surface area contributed by atoms with Crippen molar-refractivity contribution in [3.8, 4) is 11.5 Å². The first-order chi connectivity index (χ1) is 13.6. The van der Waals surface area contributed by atoms with E-state index in [1.807, 2.05) is 30.3 Å². The molecule has 0 fully saturated rings. The summed E-state index contributed by atoms with van der Waals surface area (Å²) in [6.07, 6.45) is 2.99. The summed E-state index contributed by atoms with van der Waals surface area (Å²) in [5, 5.41) is 0.619. The molecule has 2 aromatic carbocycles. The number of hydrogen-bond donors (Lipinski definition) is 0. The second-order valence-electron chi connectivity index (χ2n) is 7.75. The Bertz CT molecular complexity index is 802. The SMILES string of the molecule is CCCCOc1cc2c(cc1Cl)C(=NCc1ccccc1)C[C@H](C(C)C)CO2. The van der Waals surface area contributed by atoms with E-state index in [4.69, 9.17) is 26.1 Å². The van der Waals surface area contributed by atoms with E-state index in [2.05, 4.69) is 32.9 Å². The van der Waals surface area contributed by atoms with E-state index in [0.29, 0.717) is 42.4 Å². The van der Waals surface area contributed by atoms with E-state index < -0.39 is 0 Å². The summed E-state index contributed by atoms with van der Waals surface area (Å²) in [7, 11) is 0. The molecule has 0 radical (unpaired) electrons. The van der Waals surface area contributed by atoms with Crippen LogP contribution in [0.2, 0.25) is 5.02 Å². The predicted molar refractivity (Wildman–Crippen MR) is 117 cm³/mol. The van der Waals surface area contributed by atoms with Crippen molar-refractivity contribution in [2.75, 3.05) is 13.2 Å². The molecule has 1 heterocycles. The molecule has 0 aliphatic carbocycles. The van der Waals surface area contributed by atoms with Crippen molar-refractivity contribution >= 4 is 17.3 Å². The number of unbranched alkanes of at least 4 members (excludes halogenated alkanes) is 1. The summed E-state index contributed by atoms with van der Waals surface area (Å²) in [4.78, 5) is 4.97. The lowest BCUT2D eigenvalue weighted by Crippen LogP contribution is -2.18. The van der Waals surface area contributed by atoms with Crippen LogP contribution in [0.5, 0.6) is 11.5 Å². The number of hydrogen-bond acceptors (Lipinski definition) is 3. The Hall–Kier alpha value is -2.00. The predicted octanol–water partition coefficient (Wildman–Crippen LogP) is 6.56. The molecule has 1 atom stereocenters. The molecule has 0 saturated heterocycles. The van der Waals surface area contributed by atoms with Crippen LogP contribution in [-0.2, 0) is 6.54 Å². The summed E-state index contributed by atoms with van der Waals surface area (Å²) >= 11 is 6.54. The van der Waals surface area contributed by atoms with Crippen molar-refractivity contribution in [2.24, 2.45) is 16.8 Å². The van der Waals surface area contributed by atoms with Crippen LogP contribution in [0, 0.1) is 11.8 Å². The number of fused-ring (bicyclic) bond motifs is 1. The van der Waals surface area contributed by atoms with E-state index in [1.165, 1.54) is 5.56 Å². The fourth-order valence-corrected chi connectivity index (χ4v) is 3.50. The van der Waals surface area contributed by atoms with Crippen molar-refractivity contribution in [2.45, 2.75) is 46.6 Å². The molecular weight excluding hydrogens is 370 g/mol. The number of ether oxygens (including phenoxy) is 2. The maximum absolute atomic E-state index is 6.54. The molecule has 150 valence electrons. The lowest BCUT2D eigenvalue weighted by atomic mass is 9.90. The molecule has 28 heavy (non-hydrogen) atoms. The van der Waals surface area contributed by atoms with Gasteiger partial charge in [-0.15, -0.1) is 0 Å². The smallest absolute Gasteiger partial charge is 0.141 e. The average molecular weight is 400 g/mol. The molecule has 3 rings (SSSR count). The standard InChI is InChI=1S/C24H30ClNO2/c1-4-5-11-27-24-14-23-20(13-21(24)25)22(12-19(16-28-23)17(2)3)26-15-18-9-7-6-8-10-18/h6-10,13-14,17,19H,4-5,11-12,15-16H2,1-3H3/t19-/m0/s1. The lowest BCUT2D eigenvalue weighted by Gasteiger charge is -2.18. The average Bonchev–Trinajstić information content (AvgIpc) is 2.87. The van der Waals surface area contributed by atoms with Crippen LogP contribution in [0.3, 0.4) is 0 Å². The Kier molecular flexibility index (Phi) is 7.38. The van der Waals surface area contributed by atoms with E-state index in [0.717, 1.165) is 36.3 Å². The van der Waals surface area contributed by atoms with Crippen LogP contribution in [0.4, 0.5) is 0 Å². The first kappa shape index (κ1) is 20.7. The Balaban J connectivity index is 1.92. The third-order valence-electron chi connectivity index (χ3n) is 5.25. The molecular formula is C24H30ClNO2. The quantitative estimate of drug-likeness (QED) is 0.493. The van der Waals surface area contributed by atoms with E-state index in [-0.39, 0.29) is 0 Å². The van der Waals surface area contributed by atoms with E-state index in [1.54, 1.807) is 0 Å². The molecule has 0 bridgehead atoms. The Labute approximate surface area is 173 Å². The second kappa shape index (κ2) is 9.97. The van der Waals surface area contributed by atoms with Crippen molar-refractivity contribution in [3.63, 3.8) is 0 Å². The maximum atomic E-state index is 6.54. The van der Waals surface area contributed by atoms with Crippen molar-refractivity contribution in [1.29, 1.82) is 0 Å². The van der Waals surface area contributed by atoms with Gasteiger partial charge in [0.1, 0.15) is 11.5 Å². The van der Waals surface area contributed by atoms with Gasteiger partial charge >= 0.3 is 0 Å². The van der Waals surface area contributed by atoms with Gasteiger partial charge in [0.15, 0.2) is 0 Å². The summed E-state index contributed by atoms with van der Waals surface area (Å²) in [6.45, 7) is 8.64. The number of aliphatic imine (C=N–C) groups is 1. The largest absolute Gasteiger partial charge is 0.492 e. The van der Waals surface area contributed by atoms with Gasteiger partial charge in [-0.1, -0.05) is 69.1 Å². The zero-order chi connectivity index (χ0) is 19.9. The third-order valence-corrected chi connectivity index (χ3v) is 5.54. The molecule has 0 spiro atoms. The highest BCUT2D eigenvalue weighted by Crippen LogP contribution is 2.37. The minimum absolute atomic E-state index is 0.421. The zero-order valence-corrected chi connectivity index (χ0v) is 17.8. The van der Waals surface area contributed by atoms with Gasteiger partial charge in [0.05, 0.1) is 24.8 Å². The molecule has 0 amide bonds. The number of nitrogens with zero attached hydrogens (tertiary/aromatic N) is 1. The van der Waals surface area contributed by atoms with Gasteiger partial charge in [-0.25, -0.2) is 0 Å². The number of halogens is 1. The molecule has 2 aromatic rings. The molecule has 0 unspecified atom stereocenters. The molecule has 0 saturated carbocycles. The van der Waals surface area contributed by atoms with Gasteiger partial charge < -0.3 is 9.47 Å². The first-order valence-corrected chi connectivity index (χ1v) is 10.6. The van der Waals surface area contributed by atoms with E-state index in [9.17, 15) is 0 Å². The summed E-state index contributed by atoms with van der Waals surface area (Å²) in [6, 6.07) is 14.2. The lowest BCUT2D eigenvalue weighted by molar-refractivity contribution is 0.218. The van der Waals surface area contributed by atoms with Gasteiger partial charge in [0.25, 0.3) is 0 Å². The first-order valence-electron chi connectivity index (χ1n) is 10.2. The van der Waals surface area contributed by atoms with E-state index >= 15 is 0 Å². The fourth-order valence-electron chi connectivity index (χ4n) is 3.28. The minimum Gasteiger partial charge on any atom is -0.492 e. The highest BCUT2D eigenvalue weighted by Gasteiger charge is 2.26. The molecule has 0 N–H and O–H groups in total. The minimum atomic E-state index is 0.421. The molecule has 1 aliphatic heterocycles. The van der Waals surface area contributed by atoms with Gasteiger partial charge in [0.2, 0.25) is 0 Å². The summed E-state index contributed by atoms with van der Waals surface area (Å²) in [5.41, 5.74) is 3.26. The normalized spacial score (nSPS) is 17.9. The van der Waals surface area contributed by atoms with Gasteiger partial charge in [-0.3, -0.25) is 4.99 Å². The molecule has 1 aliphatic rings. The van der Waals surface area contributed by atoms with Gasteiger partial charge in [0, 0.05) is 23.3 Å². The third kappa shape index (κ3) is 5.29. The number of benzene rings is 2. The monoisotopic (exact) mass is 399 g/mol. The Morgan fingerprint density at radius 2 is 2.00 bits per heavy atom. The van der Waals surface area contributed by atoms with Crippen molar-refractivity contribution < 1.29 is 9.47 Å². The maximum Gasteiger partial charge on any atom is 0.141 e. The van der Waals surface area contributed by atoms with Crippen LogP contribution >= 0.6 is 11.6 Å². The second-order valence-corrected chi connectivity index (χ2v) is 8.16. The van der Waals surface area contributed by atoms with Crippen LogP contribution in [0.25, 0.3) is 0 Å². The molecule has 3 nitrogen and oxygen atoms in total. The fraction of sp³-hybridized carbons (Fsp3) is 0.458. The van der Waals surface area contributed by atoms with Gasteiger partial charge in [-0.2, -0.15) is 0 Å². The zero-order valence-electron chi connectivity index (χ0n) is 17.1. The van der Waals surface area contributed by atoms with Crippen molar-refractivity contribution in [1.82, 2.24) is 0 Å². The molecule has 0 aromatic heterocycles.